The van der Waals surface area contributed by atoms with Gasteiger partial charge in [0.25, 0.3) is 11.2 Å². The highest BCUT2D eigenvalue weighted by atomic mass is 79.9. The third kappa shape index (κ3) is 3.66. The van der Waals surface area contributed by atoms with Gasteiger partial charge in [0.1, 0.15) is 0 Å². The van der Waals surface area contributed by atoms with Gasteiger partial charge in [-0.25, -0.2) is 0 Å². The molecule has 8 heteroatoms. The van der Waals surface area contributed by atoms with E-state index in [4.69, 9.17) is 4.74 Å². The molecule has 1 rings (SSSR count). The number of carbonyl (C=O) groups excluding carboxylic acids is 1. The molecule has 1 aromatic heterocycles. The molecular formula is C10H11BrN2O5. The lowest BCUT2D eigenvalue weighted by Crippen LogP contribution is -2.22. The third-order valence-electron chi connectivity index (χ3n) is 2.10. The zero-order chi connectivity index (χ0) is 13.7. The summed E-state index contributed by atoms with van der Waals surface area (Å²) in [7, 11) is 0. The predicted octanol–water partition coefficient (Wildman–Crippen LogP) is 1.47. The maximum absolute atomic E-state index is 11.7. The van der Waals surface area contributed by atoms with Gasteiger partial charge >= 0.3 is 5.97 Å². The monoisotopic (exact) mass is 318 g/mol. The first kappa shape index (κ1) is 14.4. The van der Waals surface area contributed by atoms with Crippen molar-refractivity contribution in [2.45, 2.75) is 19.9 Å². The van der Waals surface area contributed by atoms with Crippen molar-refractivity contribution in [2.24, 2.45) is 0 Å². The summed E-state index contributed by atoms with van der Waals surface area (Å²) in [6.45, 7) is 1.97. The second-order valence-electron chi connectivity index (χ2n) is 3.36. The quantitative estimate of drug-likeness (QED) is 0.465. The molecule has 7 nitrogen and oxygen atoms in total. The van der Waals surface area contributed by atoms with Crippen molar-refractivity contribution in [2.75, 3.05) is 6.61 Å². The molecule has 0 aliphatic heterocycles. The summed E-state index contributed by atoms with van der Waals surface area (Å²) in [6.07, 6.45) is 1.09. The summed E-state index contributed by atoms with van der Waals surface area (Å²) in [4.78, 5) is 32.8. The van der Waals surface area contributed by atoms with E-state index in [1.165, 1.54) is 0 Å². The number of rotatable bonds is 5. The smallest absolute Gasteiger partial charge is 0.307 e. The average Bonchev–Trinajstić information content (AvgIpc) is 2.31. The molecule has 0 amide bonds. The van der Waals surface area contributed by atoms with Crippen LogP contribution in [-0.4, -0.2) is 22.1 Å². The van der Waals surface area contributed by atoms with Gasteiger partial charge in [-0.3, -0.25) is 19.7 Å². The molecule has 0 spiro atoms. The van der Waals surface area contributed by atoms with E-state index in [2.05, 4.69) is 15.9 Å². The highest BCUT2D eigenvalue weighted by Gasteiger charge is 2.13. The van der Waals surface area contributed by atoms with E-state index in [9.17, 15) is 19.7 Å². The van der Waals surface area contributed by atoms with Crippen molar-refractivity contribution < 1.29 is 14.5 Å². The second-order valence-corrected chi connectivity index (χ2v) is 4.21. The van der Waals surface area contributed by atoms with Gasteiger partial charge in [0, 0.05) is 12.6 Å². The molecule has 0 radical (unpaired) electrons. The summed E-state index contributed by atoms with van der Waals surface area (Å²) >= 11 is 2.95. The molecule has 18 heavy (non-hydrogen) atoms. The Hall–Kier alpha value is -1.70. The first-order valence-electron chi connectivity index (χ1n) is 5.15. The van der Waals surface area contributed by atoms with E-state index >= 15 is 0 Å². The number of hydrogen-bond donors (Lipinski definition) is 0. The Labute approximate surface area is 111 Å². The molecule has 1 aromatic rings. The molecule has 0 unspecified atom stereocenters. The average molecular weight is 319 g/mol. The normalized spacial score (nSPS) is 10.1. The molecule has 0 atom stereocenters. The van der Waals surface area contributed by atoms with Crippen molar-refractivity contribution in [3.63, 3.8) is 0 Å². The Morgan fingerprint density at radius 3 is 2.83 bits per heavy atom. The summed E-state index contributed by atoms with van der Waals surface area (Å²) < 4.78 is 5.91. The third-order valence-corrected chi connectivity index (χ3v) is 2.67. The van der Waals surface area contributed by atoms with Gasteiger partial charge in [-0.15, -0.1) is 0 Å². The van der Waals surface area contributed by atoms with Crippen molar-refractivity contribution in [1.82, 2.24) is 4.57 Å². The van der Waals surface area contributed by atoms with Gasteiger partial charge in [0.05, 0.1) is 28.6 Å². The van der Waals surface area contributed by atoms with Crippen LogP contribution in [0.25, 0.3) is 0 Å². The SMILES string of the molecule is CCOC(=O)CCn1cc([N+](=O)[O-])cc(Br)c1=O. The van der Waals surface area contributed by atoms with Gasteiger partial charge in [-0.05, 0) is 22.9 Å². The van der Waals surface area contributed by atoms with Crippen LogP contribution in [0.3, 0.4) is 0 Å². The van der Waals surface area contributed by atoms with Crippen LogP contribution >= 0.6 is 15.9 Å². The van der Waals surface area contributed by atoms with Crippen molar-refractivity contribution in [1.29, 1.82) is 0 Å². The number of nitro groups is 1. The van der Waals surface area contributed by atoms with Crippen molar-refractivity contribution in [3.05, 3.63) is 37.2 Å². The van der Waals surface area contributed by atoms with E-state index in [0.717, 1.165) is 16.8 Å². The number of carbonyl (C=O) groups is 1. The summed E-state index contributed by atoms with van der Waals surface area (Å²) in [6, 6.07) is 1.13. The molecule has 0 bridgehead atoms. The minimum absolute atomic E-state index is 0.0125. The minimum Gasteiger partial charge on any atom is -0.466 e. The Balaban J connectivity index is 2.91. The first-order valence-corrected chi connectivity index (χ1v) is 5.95. The molecule has 0 aliphatic carbocycles. The zero-order valence-electron chi connectivity index (χ0n) is 9.59. The Morgan fingerprint density at radius 1 is 1.61 bits per heavy atom. The lowest BCUT2D eigenvalue weighted by Gasteiger charge is -2.06. The van der Waals surface area contributed by atoms with E-state index in [0.29, 0.717) is 0 Å². The molecule has 0 aromatic carbocycles. The van der Waals surface area contributed by atoms with Gasteiger partial charge in [-0.1, -0.05) is 0 Å². The van der Waals surface area contributed by atoms with Crippen LogP contribution in [0.2, 0.25) is 0 Å². The van der Waals surface area contributed by atoms with Crippen molar-refractivity contribution >= 4 is 27.6 Å². The van der Waals surface area contributed by atoms with Gasteiger partial charge in [0.15, 0.2) is 0 Å². The van der Waals surface area contributed by atoms with Crippen LogP contribution in [0.1, 0.15) is 13.3 Å². The van der Waals surface area contributed by atoms with Gasteiger partial charge < -0.3 is 9.30 Å². The fourth-order valence-corrected chi connectivity index (χ4v) is 1.76. The van der Waals surface area contributed by atoms with Crippen LogP contribution in [0.5, 0.6) is 0 Å². The second kappa shape index (κ2) is 6.29. The largest absolute Gasteiger partial charge is 0.466 e. The number of aryl methyl sites for hydroxylation is 1. The lowest BCUT2D eigenvalue weighted by molar-refractivity contribution is -0.385. The van der Waals surface area contributed by atoms with E-state index in [-0.39, 0.29) is 29.7 Å². The number of halogens is 1. The molecule has 98 valence electrons. The Morgan fingerprint density at radius 2 is 2.28 bits per heavy atom. The van der Waals surface area contributed by atoms with E-state index < -0.39 is 16.5 Å². The number of pyridine rings is 1. The summed E-state index contributed by atoms with van der Waals surface area (Å²) in [5.41, 5.74) is -0.643. The van der Waals surface area contributed by atoms with Crippen LogP contribution in [-0.2, 0) is 16.1 Å². The Bertz CT molecular complexity index is 525. The molecular weight excluding hydrogens is 308 g/mol. The predicted molar refractivity (Wildman–Crippen MR) is 66.3 cm³/mol. The number of aromatic nitrogens is 1. The van der Waals surface area contributed by atoms with E-state index in [1.54, 1.807) is 6.92 Å². The molecule has 0 N–H and O–H groups in total. The standard InChI is InChI=1S/C10H11BrN2O5/c1-2-18-9(14)3-4-12-6-7(13(16)17)5-8(11)10(12)15/h5-6H,2-4H2,1H3. The molecule has 1 heterocycles. The molecule has 0 fully saturated rings. The van der Waals surface area contributed by atoms with E-state index in [1.807, 2.05) is 0 Å². The summed E-state index contributed by atoms with van der Waals surface area (Å²) in [5, 5.41) is 10.6. The van der Waals surface area contributed by atoms with Crippen LogP contribution in [0.15, 0.2) is 21.5 Å². The zero-order valence-corrected chi connectivity index (χ0v) is 11.2. The van der Waals surface area contributed by atoms with Gasteiger partial charge in [0.2, 0.25) is 0 Å². The van der Waals surface area contributed by atoms with Crippen LogP contribution < -0.4 is 5.56 Å². The number of esters is 1. The van der Waals surface area contributed by atoms with Gasteiger partial charge in [-0.2, -0.15) is 0 Å². The topological polar surface area (TPSA) is 91.4 Å². The maximum atomic E-state index is 11.7. The number of hydrogen-bond acceptors (Lipinski definition) is 5. The molecule has 0 saturated carbocycles. The van der Waals surface area contributed by atoms with Crippen LogP contribution in [0, 0.1) is 10.1 Å². The lowest BCUT2D eigenvalue weighted by atomic mass is 10.3. The highest BCUT2D eigenvalue weighted by molar-refractivity contribution is 9.10. The number of nitrogens with zero attached hydrogens (tertiary/aromatic N) is 2. The Kier molecular flexibility index (Phi) is 5.02. The highest BCUT2D eigenvalue weighted by Crippen LogP contribution is 2.14. The maximum Gasteiger partial charge on any atom is 0.307 e. The first-order chi connectivity index (χ1) is 8.45. The van der Waals surface area contributed by atoms with Crippen molar-refractivity contribution in [3.8, 4) is 0 Å². The molecule has 0 aliphatic rings. The minimum atomic E-state index is -0.606. The summed E-state index contributed by atoms with van der Waals surface area (Å²) in [5.74, 6) is -0.452. The fourth-order valence-electron chi connectivity index (χ4n) is 1.30. The molecule has 0 saturated heterocycles. The van der Waals surface area contributed by atoms with Crippen LogP contribution in [0.4, 0.5) is 5.69 Å². The number of ether oxygens (including phenoxy) is 1. The fraction of sp³-hybridized carbons (Fsp3) is 0.400.